The van der Waals surface area contributed by atoms with E-state index in [1.807, 2.05) is 0 Å². The van der Waals surface area contributed by atoms with E-state index in [4.69, 9.17) is 4.74 Å². The zero-order valence-corrected chi connectivity index (χ0v) is 15.8. The Hall–Kier alpha value is -2.45. The monoisotopic (exact) mass is 392 g/mol. The summed E-state index contributed by atoms with van der Waals surface area (Å²) in [7, 11) is -2.40. The normalized spacial score (nSPS) is 14.4. The number of carbonyl (C=O) groups is 1. The second kappa shape index (κ2) is 8.06. The van der Waals surface area contributed by atoms with Crippen molar-refractivity contribution >= 4 is 15.9 Å². The first kappa shape index (κ1) is 19.3. The minimum absolute atomic E-state index is 0.0179. The average molecular weight is 392 g/mol. The first-order valence-electron chi connectivity index (χ1n) is 8.62. The Labute approximate surface area is 158 Å². The van der Waals surface area contributed by atoms with Gasteiger partial charge in [0.2, 0.25) is 10.0 Å². The topological polar surface area (TPSA) is 75.7 Å². The van der Waals surface area contributed by atoms with E-state index in [1.165, 1.54) is 49.6 Å². The predicted octanol–water partition coefficient (Wildman–Crippen LogP) is 2.55. The Morgan fingerprint density at radius 1 is 1.15 bits per heavy atom. The number of amides is 1. The maximum absolute atomic E-state index is 13.0. The molecule has 1 aliphatic heterocycles. The van der Waals surface area contributed by atoms with Crippen LogP contribution in [0.1, 0.15) is 28.8 Å². The maximum Gasteiger partial charge on any atom is 0.257 e. The van der Waals surface area contributed by atoms with Gasteiger partial charge in [0.15, 0.2) is 0 Å². The molecule has 0 radical (unpaired) electrons. The van der Waals surface area contributed by atoms with Crippen molar-refractivity contribution in [2.24, 2.45) is 0 Å². The summed E-state index contributed by atoms with van der Waals surface area (Å²) < 4.78 is 45.9. The highest BCUT2D eigenvalue weighted by molar-refractivity contribution is 7.89. The lowest BCUT2D eigenvalue weighted by atomic mass is 10.1. The van der Waals surface area contributed by atoms with Gasteiger partial charge in [0.25, 0.3) is 5.91 Å². The number of carbonyl (C=O) groups excluding carboxylic acids is 1. The fraction of sp³-hybridized carbons (Fsp3) is 0.316. The molecule has 8 heteroatoms. The average Bonchev–Trinajstić information content (AvgIpc) is 3.21. The Kier molecular flexibility index (Phi) is 5.76. The number of halogens is 1. The molecule has 0 bridgehead atoms. The Balaban J connectivity index is 1.83. The van der Waals surface area contributed by atoms with Crippen LogP contribution in [-0.2, 0) is 16.6 Å². The molecule has 1 aliphatic rings. The summed E-state index contributed by atoms with van der Waals surface area (Å²) in [6.07, 6.45) is 1.87. The number of hydrogen-bond acceptors (Lipinski definition) is 4. The predicted molar refractivity (Wildman–Crippen MR) is 98.6 cm³/mol. The van der Waals surface area contributed by atoms with Gasteiger partial charge in [-0.3, -0.25) is 4.79 Å². The number of methoxy groups -OCH3 is 1. The van der Waals surface area contributed by atoms with Crippen molar-refractivity contribution in [1.29, 1.82) is 0 Å². The number of nitrogens with one attached hydrogen (secondary N) is 1. The van der Waals surface area contributed by atoms with E-state index in [2.05, 4.69) is 4.72 Å². The first-order chi connectivity index (χ1) is 12.9. The van der Waals surface area contributed by atoms with Crippen molar-refractivity contribution < 1.29 is 22.3 Å². The van der Waals surface area contributed by atoms with Gasteiger partial charge in [-0.05, 0) is 48.7 Å². The number of ether oxygens (including phenoxy) is 1. The lowest BCUT2D eigenvalue weighted by Crippen LogP contribution is -2.29. The SMILES string of the molecule is COc1ccc(S(=O)(=O)NCc2ccc(F)cc2)cc1C(=O)N1CCCC1. The summed E-state index contributed by atoms with van der Waals surface area (Å²) in [6, 6.07) is 9.77. The van der Waals surface area contributed by atoms with Crippen LogP contribution < -0.4 is 9.46 Å². The molecule has 6 nitrogen and oxygen atoms in total. The van der Waals surface area contributed by atoms with Gasteiger partial charge >= 0.3 is 0 Å². The van der Waals surface area contributed by atoms with E-state index in [-0.39, 0.29) is 28.7 Å². The number of benzene rings is 2. The molecular formula is C19H21FN2O4S. The minimum atomic E-state index is -3.84. The van der Waals surface area contributed by atoms with E-state index in [9.17, 15) is 17.6 Å². The molecule has 1 amide bonds. The highest BCUT2D eigenvalue weighted by Crippen LogP contribution is 2.25. The highest BCUT2D eigenvalue weighted by Gasteiger charge is 2.25. The fourth-order valence-corrected chi connectivity index (χ4v) is 4.02. The van der Waals surface area contributed by atoms with Crippen molar-refractivity contribution in [2.45, 2.75) is 24.3 Å². The maximum atomic E-state index is 13.0. The van der Waals surface area contributed by atoms with E-state index in [0.29, 0.717) is 24.4 Å². The standard InChI is InChI=1S/C19H21FN2O4S/c1-26-18-9-8-16(12-17(18)19(23)22-10-2-3-11-22)27(24,25)21-13-14-4-6-15(20)7-5-14/h4-9,12,21H,2-3,10-11,13H2,1H3. The van der Waals surface area contributed by atoms with E-state index >= 15 is 0 Å². The Bertz CT molecular complexity index is 923. The van der Waals surface area contributed by atoms with Gasteiger partial charge in [0.05, 0.1) is 17.6 Å². The number of sulfonamides is 1. The minimum Gasteiger partial charge on any atom is -0.496 e. The van der Waals surface area contributed by atoms with Crippen molar-refractivity contribution in [3.8, 4) is 5.75 Å². The summed E-state index contributed by atoms with van der Waals surface area (Å²) in [6.45, 7) is 1.33. The molecule has 0 spiro atoms. The molecule has 3 rings (SSSR count). The molecule has 1 N–H and O–H groups in total. The van der Waals surface area contributed by atoms with Crippen LogP contribution in [0, 0.1) is 5.82 Å². The lowest BCUT2D eigenvalue weighted by molar-refractivity contribution is 0.0789. The molecule has 2 aromatic rings. The van der Waals surface area contributed by atoms with Crippen molar-refractivity contribution in [1.82, 2.24) is 9.62 Å². The molecule has 27 heavy (non-hydrogen) atoms. The van der Waals surface area contributed by atoms with Crippen LogP contribution in [-0.4, -0.2) is 39.4 Å². The second-order valence-corrected chi connectivity index (χ2v) is 8.08. The number of hydrogen-bond donors (Lipinski definition) is 1. The lowest BCUT2D eigenvalue weighted by Gasteiger charge is -2.18. The molecule has 0 saturated carbocycles. The Morgan fingerprint density at radius 3 is 2.44 bits per heavy atom. The van der Waals surface area contributed by atoms with Crippen LogP contribution in [0.3, 0.4) is 0 Å². The van der Waals surface area contributed by atoms with Crippen LogP contribution >= 0.6 is 0 Å². The molecule has 0 aliphatic carbocycles. The van der Waals surface area contributed by atoms with Crippen molar-refractivity contribution in [2.75, 3.05) is 20.2 Å². The van der Waals surface area contributed by atoms with E-state index < -0.39 is 10.0 Å². The molecule has 2 aromatic carbocycles. The third kappa shape index (κ3) is 4.45. The van der Waals surface area contributed by atoms with Gasteiger partial charge in [-0.2, -0.15) is 0 Å². The highest BCUT2D eigenvalue weighted by atomic mass is 32.2. The zero-order chi connectivity index (χ0) is 19.4. The Morgan fingerprint density at radius 2 is 1.81 bits per heavy atom. The van der Waals surface area contributed by atoms with E-state index in [0.717, 1.165) is 12.8 Å². The van der Waals surface area contributed by atoms with Gasteiger partial charge in [0.1, 0.15) is 11.6 Å². The summed E-state index contributed by atoms with van der Waals surface area (Å²) >= 11 is 0. The zero-order valence-electron chi connectivity index (χ0n) is 14.9. The van der Waals surface area contributed by atoms with Crippen LogP contribution in [0.5, 0.6) is 5.75 Å². The molecule has 1 fully saturated rings. The second-order valence-electron chi connectivity index (χ2n) is 6.31. The molecule has 0 unspecified atom stereocenters. The van der Waals surface area contributed by atoms with Crippen LogP contribution in [0.4, 0.5) is 4.39 Å². The van der Waals surface area contributed by atoms with Crippen LogP contribution in [0.2, 0.25) is 0 Å². The molecule has 1 heterocycles. The fourth-order valence-electron chi connectivity index (χ4n) is 2.98. The van der Waals surface area contributed by atoms with E-state index in [1.54, 1.807) is 4.90 Å². The van der Waals surface area contributed by atoms with Crippen LogP contribution in [0.25, 0.3) is 0 Å². The number of rotatable bonds is 6. The summed E-state index contributed by atoms with van der Waals surface area (Å²) in [5, 5.41) is 0. The summed E-state index contributed by atoms with van der Waals surface area (Å²) in [5.41, 5.74) is 0.853. The summed E-state index contributed by atoms with van der Waals surface area (Å²) in [4.78, 5) is 14.4. The largest absolute Gasteiger partial charge is 0.496 e. The third-order valence-corrected chi connectivity index (χ3v) is 5.88. The van der Waals surface area contributed by atoms with Gasteiger partial charge in [-0.25, -0.2) is 17.5 Å². The number of likely N-dealkylation sites (tertiary alicyclic amines) is 1. The van der Waals surface area contributed by atoms with Gasteiger partial charge in [-0.1, -0.05) is 12.1 Å². The van der Waals surface area contributed by atoms with Crippen LogP contribution in [0.15, 0.2) is 47.4 Å². The molecular weight excluding hydrogens is 371 g/mol. The van der Waals surface area contributed by atoms with Crippen molar-refractivity contribution in [3.63, 3.8) is 0 Å². The van der Waals surface area contributed by atoms with Gasteiger partial charge in [0, 0.05) is 19.6 Å². The molecule has 1 saturated heterocycles. The quantitative estimate of drug-likeness (QED) is 0.820. The van der Waals surface area contributed by atoms with Crippen molar-refractivity contribution in [3.05, 3.63) is 59.4 Å². The third-order valence-electron chi connectivity index (χ3n) is 4.48. The summed E-state index contributed by atoms with van der Waals surface area (Å²) in [5.74, 6) is -0.286. The van der Waals surface area contributed by atoms with Gasteiger partial charge < -0.3 is 9.64 Å². The molecule has 144 valence electrons. The first-order valence-corrected chi connectivity index (χ1v) is 10.1. The number of nitrogens with zero attached hydrogens (tertiary/aromatic N) is 1. The smallest absolute Gasteiger partial charge is 0.257 e. The van der Waals surface area contributed by atoms with Gasteiger partial charge in [-0.15, -0.1) is 0 Å². The molecule has 0 aromatic heterocycles. The molecule has 0 atom stereocenters.